The van der Waals surface area contributed by atoms with E-state index in [2.05, 4.69) is 11.8 Å². The molecular formula is C17H24O3. The van der Waals surface area contributed by atoms with Crippen molar-refractivity contribution in [2.24, 2.45) is 0 Å². The number of hydrogen-bond acceptors (Lipinski definition) is 3. The van der Waals surface area contributed by atoms with Crippen LogP contribution in [0, 0.1) is 24.7 Å². The fourth-order valence-corrected chi connectivity index (χ4v) is 2.51. The lowest BCUT2D eigenvalue weighted by Crippen LogP contribution is -2.43. The molecule has 1 aliphatic heterocycles. The van der Waals surface area contributed by atoms with Gasteiger partial charge in [0.15, 0.2) is 6.29 Å². The molecule has 110 valence electrons. The Balaban J connectivity index is 0.000000178. The second-order valence-electron chi connectivity index (χ2n) is 5.94. The first-order chi connectivity index (χ1) is 9.61. The second kappa shape index (κ2) is 6.64. The van der Waals surface area contributed by atoms with Gasteiger partial charge in [0, 0.05) is 6.61 Å². The molecule has 3 nitrogen and oxygen atoms in total. The van der Waals surface area contributed by atoms with Gasteiger partial charge in [0.2, 0.25) is 0 Å². The molecule has 1 atom stereocenters. The van der Waals surface area contributed by atoms with Gasteiger partial charge in [0.1, 0.15) is 11.2 Å². The van der Waals surface area contributed by atoms with E-state index in [1.807, 2.05) is 0 Å². The van der Waals surface area contributed by atoms with Gasteiger partial charge in [-0.1, -0.05) is 11.8 Å². The monoisotopic (exact) mass is 276 g/mol. The van der Waals surface area contributed by atoms with E-state index in [0.717, 1.165) is 51.6 Å². The lowest BCUT2D eigenvalue weighted by atomic mass is 9.81. The van der Waals surface area contributed by atoms with E-state index in [0.29, 0.717) is 0 Å². The minimum Gasteiger partial charge on any atom is -0.378 e. The Bertz CT molecular complexity index is 387. The molecule has 2 saturated carbocycles. The first kappa shape index (κ1) is 15.4. The molecule has 2 aliphatic carbocycles. The van der Waals surface area contributed by atoms with E-state index >= 15 is 0 Å². The normalized spacial score (nSPS) is 29.4. The summed E-state index contributed by atoms with van der Waals surface area (Å²) in [6.07, 6.45) is 19.6. The maximum atomic E-state index is 8.98. The summed E-state index contributed by atoms with van der Waals surface area (Å²) in [5, 5.41) is 8.98. The van der Waals surface area contributed by atoms with Crippen molar-refractivity contribution in [3.8, 4) is 24.7 Å². The zero-order chi connectivity index (χ0) is 14.5. The van der Waals surface area contributed by atoms with Gasteiger partial charge >= 0.3 is 0 Å². The smallest absolute Gasteiger partial charge is 0.159 e. The summed E-state index contributed by atoms with van der Waals surface area (Å²) in [4.78, 5) is 0. The van der Waals surface area contributed by atoms with Crippen molar-refractivity contribution < 1.29 is 14.6 Å². The predicted octanol–water partition coefficient (Wildman–Crippen LogP) is 2.62. The zero-order valence-corrected chi connectivity index (χ0v) is 12.1. The number of hydrogen-bond donors (Lipinski definition) is 1. The summed E-state index contributed by atoms with van der Waals surface area (Å²) in [5.41, 5.74) is -0.984. The standard InChI is InChI=1S/C11H16O2.C6H8O/c1-2-11(7-5-8-11)13-10-6-3-4-9-12-10;1-2-6(7)4-3-5-6/h1,10H,3-9H2;1,7H,3-5H2. The Morgan fingerprint density at radius 1 is 1.00 bits per heavy atom. The van der Waals surface area contributed by atoms with Crippen molar-refractivity contribution in [3.05, 3.63) is 0 Å². The highest BCUT2D eigenvalue weighted by molar-refractivity contribution is 5.13. The van der Waals surface area contributed by atoms with Crippen molar-refractivity contribution in [2.45, 2.75) is 75.3 Å². The van der Waals surface area contributed by atoms with Crippen molar-refractivity contribution in [1.82, 2.24) is 0 Å². The van der Waals surface area contributed by atoms with Gasteiger partial charge in [-0.05, 0) is 57.8 Å². The Morgan fingerprint density at radius 2 is 1.70 bits per heavy atom. The van der Waals surface area contributed by atoms with Gasteiger partial charge in [-0.15, -0.1) is 12.8 Å². The van der Waals surface area contributed by atoms with Crippen LogP contribution in [0.3, 0.4) is 0 Å². The molecule has 3 rings (SSSR count). The largest absolute Gasteiger partial charge is 0.378 e. The summed E-state index contributed by atoms with van der Waals surface area (Å²) < 4.78 is 11.3. The molecule has 0 aromatic heterocycles. The van der Waals surface area contributed by atoms with E-state index in [1.54, 1.807) is 0 Å². The van der Waals surface area contributed by atoms with Gasteiger partial charge in [0.05, 0.1) is 0 Å². The van der Waals surface area contributed by atoms with E-state index < -0.39 is 5.60 Å². The van der Waals surface area contributed by atoms with Gasteiger partial charge in [0.25, 0.3) is 0 Å². The van der Waals surface area contributed by atoms with Crippen LogP contribution in [0.15, 0.2) is 0 Å². The third kappa shape index (κ3) is 3.76. The number of aliphatic hydroxyl groups is 1. The maximum Gasteiger partial charge on any atom is 0.159 e. The fraction of sp³-hybridized carbons (Fsp3) is 0.765. The van der Waals surface area contributed by atoms with E-state index in [-0.39, 0.29) is 11.9 Å². The maximum absolute atomic E-state index is 8.98. The molecule has 0 bridgehead atoms. The highest BCUT2D eigenvalue weighted by Gasteiger charge is 2.39. The summed E-state index contributed by atoms with van der Waals surface area (Å²) in [5.74, 6) is 5.09. The van der Waals surface area contributed by atoms with Crippen molar-refractivity contribution in [3.63, 3.8) is 0 Å². The van der Waals surface area contributed by atoms with Gasteiger partial charge < -0.3 is 14.6 Å². The van der Waals surface area contributed by atoms with Crippen LogP contribution < -0.4 is 0 Å². The van der Waals surface area contributed by atoms with E-state index in [1.165, 1.54) is 12.8 Å². The molecule has 0 aromatic carbocycles. The lowest BCUT2D eigenvalue weighted by Gasteiger charge is -2.40. The van der Waals surface area contributed by atoms with E-state index in [9.17, 15) is 0 Å². The minimum absolute atomic E-state index is 0.0369. The third-order valence-corrected chi connectivity index (χ3v) is 4.37. The summed E-state index contributed by atoms with van der Waals surface area (Å²) in [7, 11) is 0. The highest BCUT2D eigenvalue weighted by Crippen LogP contribution is 2.37. The van der Waals surface area contributed by atoms with Crippen LogP contribution in [-0.4, -0.2) is 29.2 Å². The predicted molar refractivity (Wildman–Crippen MR) is 77.7 cm³/mol. The van der Waals surface area contributed by atoms with Crippen LogP contribution in [0.25, 0.3) is 0 Å². The van der Waals surface area contributed by atoms with Crippen LogP contribution in [0.4, 0.5) is 0 Å². The average Bonchev–Trinajstić information content (AvgIpc) is 2.42. The van der Waals surface area contributed by atoms with Crippen LogP contribution in [0.5, 0.6) is 0 Å². The van der Waals surface area contributed by atoms with Gasteiger partial charge in [-0.3, -0.25) is 0 Å². The molecule has 1 N–H and O–H groups in total. The van der Waals surface area contributed by atoms with Gasteiger partial charge in [-0.2, -0.15) is 0 Å². The van der Waals surface area contributed by atoms with Crippen molar-refractivity contribution >= 4 is 0 Å². The number of terminal acetylenes is 2. The zero-order valence-electron chi connectivity index (χ0n) is 12.1. The quantitative estimate of drug-likeness (QED) is 0.788. The topological polar surface area (TPSA) is 38.7 Å². The number of rotatable bonds is 2. The number of ether oxygens (including phenoxy) is 2. The van der Waals surface area contributed by atoms with Gasteiger partial charge in [-0.25, -0.2) is 0 Å². The lowest BCUT2D eigenvalue weighted by molar-refractivity contribution is -0.225. The molecule has 0 spiro atoms. The van der Waals surface area contributed by atoms with Crippen LogP contribution in [-0.2, 0) is 9.47 Å². The Kier molecular flexibility index (Phi) is 5.11. The first-order valence-corrected chi connectivity index (χ1v) is 7.59. The molecule has 0 aromatic rings. The van der Waals surface area contributed by atoms with Crippen LogP contribution in [0.1, 0.15) is 57.8 Å². The molecule has 20 heavy (non-hydrogen) atoms. The molecular weight excluding hydrogens is 252 g/mol. The van der Waals surface area contributed by atoms with Crippen molar-refractivity contribution in [1.29, 1.82) is 0 Å². The summed E-state index contributed by atoms with van der Waals surface area (Å²) >= 11 is 0. The fourth-order valence-electron chi connectivity index (χ4n) is 2.51. The molecule has 3 aliphatic rings. The molecule has 1 heterocycles. The molecule has 1 saturated heterocycles. The molecule has 1 unspecified atom stereocenters. The Hall–Kier alpha value is -1.00. The van der Waals surface area contributed by atoms with Crippen LogP contribution in [0.2, 0.25) is 0 Å². The minimum atomic E-state index is -0.708. The Morgan fingerprint density at radius 3 is 2.00 bits per heavy atom. The summed E-state index contributed by atoms with van der Waals surface area (Å²) in [6, 6.07) is 0. The SMILES string of the molecule is C#CC1(O)CCC1.C#CC1(OC2CCCCO2)CCC1. The second-order valence-corrected chi connectivity index (χ2v) is 5.94. The highest BCUT2D eigenvalue weighted by atomic mass is 16.7. The Labute approximate surface area is 122 Å². The third-order valence-electron chi connectivity index (χ3n) is 4.37. The molecule has 0 amide bonds. The average molecular weight is 276 g/mol. The molecule has 0 radical (unpaired) electrons. The summed E-state index contributed by atoms with van der Waals surface area (Å²) in [6.45, 7) is 0.825. The van der Waals surface area contributed by atoms with Crippen molar-refractivity contribution in [2.75, 3.05) is 6.61 Å². The van der Waals surface area contributed by atoms with E-state index in [4.69, 9.17) is 27.4 Å². The molecule has 3 fully saturated rings. The molecule has 3 heteroatoms. The first-order valence-electron chi connectivity index (χ1n) is 7.59. The van der Waals surface area contributed by atoms with Crippen LogP contribution >= 0.6 is 0 Å².